The lowest BCUT2D eigenvalue weighted by molar-refractivity contribution is -0.106. The van der Waals surface area contributed by atoms with Crippen molar-refractivity contribution in [1.29, 1.82) is 0 Å². The van der Waals surface area contributed by atoms with Crippen molar-refractivity contribution in [3.63, 3.8) is 0 Å². The van der Waals surface area contributed by atoms with E-state index in [1.807, 2.05) is 0 Å². The molecule has 2 heterocycles. The number of carbonyl (C=O) groups is 1. The van der Waals surface area contributed by atoms with Gasteiger partial charge in [-0.25, -0.2) is 4.39 Å². The van der Waals surface area contributed by atoms with E-state index in [2.05, 4.69) is 15.2 Å². The number of H-pyrrole nitrogens is 1. The summed E-state index contributed by atoms with van der Waals surface area (Å²) in [5.74, 6) is -0.300. The second kappa shape index (κ2) is 8.89. The Hall–Kier alpha value is -3.17. The summed E-state index contributed by atoms with van der Waals surface area (Å²) in [4.78, 5) is 26.3. The highest BCUT2D eigenvalue weighted by Gasteiger charge is 2.15. The molecule has 0 aliphatic heterocycles. The van der Waals surface area contributed by atoms with E-state index in [4.69, 9.17) is 33.7 Å². The molecule has 3 rings (SSSR count). The number of ether oxygens (including phenoxy) is 1. The van der Waals surface area contributed by atoms with Gasteiger partial charge in [-0.3, -0.25) is 14.5 Å². The fourth-order valence-corrected chi connectivity index (χ4v) is 3.03. The van der Waals surface area contributed by atoms with Crippen LogP contribution in [0.15, 0.2) is 41.3 Å². The largest absolute Gasteiger partial charge is 0.489 e. The topological polar surface area (TPSA) is 114 Å². The monoisotopic (exact) mass is 437 g/mol. The second-order valence-corrected chi connectivity index (χ2v) is 6.54. The number of aromatic nitrogens is 3. The van der Waals surface area contributed by atoms with E-state index in [1.165, 1.54) is 36.5 Å². The predicted octanol–water partition coefficient (Wildman–Crippen LogP) is 3.11. The van der Waals surface area contributed by atoms with Crippen molar-refractivity contribution in [1.82, 2.24) is 15.2 Å². The summed E-state index contributed by atoms with van der Waals surface area (Å²) in [6.45, 7) is 0.0674. The zero-order chi connectivity index (χ0) is 21.0. The zero-order valence-corrected chi connectivity index (χ0v) is 16.2. The number of hydrogen-bond donors (Lipinski definition) is 2. The van der Waals surface area contributed by atoms with Gasteiger partial charge in [0.05, 0.1) is 17.3 Å². The van der Waals surface area contributed by atoms with Crippen molar-refractivity contribution in [2.75, 3.05) is 17.2 Å². The second-order valence-electron chi connectivity index (χ2n) is 5.76. The molecule has 1 aromatic carbocycles. The number of hydrogen-bond acceptors (Lipinski definition) is 6. The predicted molar refractivity (Wildman–Crippen MR) is 107 cm³/mol. The van der Waals surface area contributed by atoms with Crippen LogP contribution < -0.4 is 20.9 Å². The summed E-state index contributed by atoms with van der Waals surface area (Å²) in [5, 5.41) is 7.89. The molecule has 0 saturated carbocycles. The van der Waals surface area contributed by atoms with Crippen LogP contribution in [0.1, 0.15) is 5.56 Å². The summed E-state index contributed by atoms with van der Waals surface area (Å²) in [7, 11) is 0. The van der Waals surface area contributed by atoms with Crippen molar-refractivity contribution in [2.24, 2.45) is 0 Å². The molecule has 29 heavy (non-hydrogen) atoms. The van der Waals surface area contributed by atoms with Gasteiger partial charge in [0, 0.05) is 29.8 Å². The Kier molecular flexibility index (Phi) is 6.30. The van der Waals surface area contributed by atoms with Crippen LogP contribution in [0.5, 0.6) is 5.75 Å². The molecule has 3 N–H and O–H groups in total. The maximum Gasteiger partial charge on any atom is 0.248 e. The van der Waals surface area contributed by atoms with Crippen molar-refractivity contribution in [3.8, 4) is 5.75 Å². The number of carbonyl (C=O) groups excluding carboxylic acids is 1. The van der Waals surface area contributed by atoms with Gasteiger partial charge in [0.1, 0.15) is 5.82 Å². The van der Waals surface area contributed by atoms with Crippen molar-refractivity contribution < 1.29 is 13.9 Å². The molecule has 3 aromatic rings. The number of nitrogen functional groups attached to an aromatic ring is 1. The highest BCUT2D eigenvalue weighted by molar-refractivity contribution is 6.36. The van der Waals surface area contributed by atoms with E-state index in [-0.39, 0.29) is 41.0 Å². The fraction of sp³-hybridized carbons (Fsp3) is 0.111. The van der Waals surface area contributed by atoms with Gasteiger partial charge < -0.3 is 15.5 Å². The maximum absolute atomic E-state index is 13.6. The molecule has 150 valence electrons. The van der Waals surface area contributed by atoms with Gasteiger partial charge in [-0.15, -0.1) is 10.2 Å². The number of pyridine rings is 1. The molecule has 0 unspecified atom stereocenters. The molecule has 8 nitrogen and oxygen atoms in total. The molecule has 0 atom stereocenters. The molecule has 0 saturated heterocycles. The van der Waals surface area contributed by atoms with Crippen LogP contribution in [0.25, 0.3) is 0 Å². The van der Waals surface area contributed by atoms with E-state index in [0.717, 1.165) is 4.90 Å². The van der Waals surface area contributed by atoms with Gasteiger partial charge in [-0.2, -0.15) is 0 Å². The number of nitrogens with one attached hydrogen (secondary N) is 1. The van der Waals surface area contributed by atoms with E-state index in [0.29, 0.717) is 22.7 Å². The van der Waals surface area contributed by atoms with Crippen LogP contribution in [-0.4, -0.2) is 28.2 Å². The molecule has 1 amide bonds. The number of halogens is 3. The molecule has 2 aromatic heterocycles. The number of nitrogens with two attached hydrogens (primary N) is 1. The van der Waals surface area contributed by atoms with Crippen LogP contribution in [-0.2, 0) is 11.2 Å². The summed E-state index contributed by atoms with van der Waals surface area (Å²) < 4.78 is 19.2. The van der Waals surface area contributed by atoms with Crippen LogP contribution in [0, 0.1) is 5.82 Å². The minimum absolute atomic E-state index is 0.00231. The third kappa shape index (κ3) is 4.64. The number of benzene rings is 1. The van der Waals surface area contributed by atoms with Gasteiger partial charge in [0.2, 0.25) is 12.0 Å². The minimum Gasteiger partial charge on any atom is -0.489 e. The Morgan fingerprint density at radius 2 is 2.03 bits per heavy atom. The first-order valence-electron chi connectivity index (χ1n) is 8.22. The number of aromatic amines is 1. The number of amides is 1. The lowest BCUT2D eigenvalue weighted by Crippen LogP contribution is -2.18. The molecule has 0 aliphatic rings. The number of nitrogens with zero attached hydrogens (tertiary/aromatic N) is 3. The van der Waals surface area contributed by atoms with Crippen LogP contribution in [0.2, 0.25) is 10.0 Å². The van der Waals surface area contributed by atoms with Crippen molar-refractivity contribution >= 4 is 46.9 Å². The quantitative estimate of drug-likeness (QED) is 0.433. The van der Waals surface area contributed by atoms with Gasteiger partial charge >= 0.3 is 0 Å². The highest BCUT2D eigenvalue weighted by Crippen LogP contribution is 2.29. The molecular weight excluding hydrogens is 424 g/mol. The Morgan fingerprint density at radius 3 is 2.72 bits per heavy atom. The SMILES string of the molecule is Nc1nnc(N(C=O)c2ccc(=O)[nH]c2)cc1OCCc1c(Cl)ccc(F)c1Cl. The van der Waals surface area contributed by atoms with E-state index >= 15 is 0 Å². The maximum atomic E-state index is 13.6. The Balaban J connectivity index is 1.79. The summed E-state index contributed by atoms with van der Waals surface area (Å²) in [6, 6.07) is 6.71. The lowest BCUT2D eigenvalue weighted by Gasteiger charge is -2.17. The van der Waals surface area contributed by atoms with Crippen molar-refractivity contribution in [3.05, 3.63) is 68.3 Å². The van der Waals surface area contributed by atoms with Gasteiger partial charge in [-0.05, 0) is 23.8 Å². The molecule has 0 fully saturated rings. The number of anilines is 3. The highest BCUT2D eigenvalue weighted by atomic mass is 35.5. The first kappa shape index (κ1) is 20.6. The first-order chi connectivity index (χ1) is 13.9. The summed E-state index contributed by atoms with van der Waals surface area (Å²) in [5.41, 5.74) is 6.23. The Morgan fingerprint density at radius 1 is 1.24 bits per heavy atom. The molecular formula is C18H14Cl2FN5O3. The third-order valence-corrected chi connectivity index (χ3v) is 4.68. The molecule has 0 spiro atoms. The van der Waals surface area contributed by atoms with E-state index in [1.54, 1.807) is 0 Å². The molecule has 0 bridgehead atoms. The zero-order valence-electron chi connectivity index (χ0n) is 14.7. The Bertz CT molecular complexity index is 1090. The fourth-order valence-electron chi connectivity index (χ4n) is 2.47. The van der Waals surface area contributed by atoms with Gasteiger partial charge in [-0.1, -0.05) is 23.2 Å². The smallest absolute Gasteiger partial charge is 0.248 e. The lowest BCUT2D eigenvalue weighted by atomic mass is 10.1. The molecule has 0 aliphatic carbocycles. The van der Waals surface area contributed by atoms with Gasteiger partial charge in [0.25, 0.3) is 0 Å². The van der Waals surface area contributed by atoms with Crippen molar-refractivity contribution in [2.45, 2.75) is 6.42 Å². The Labute approximate surface area is 174 Å². The standard InChI is InChI=1S/C18H14Cl2FN5O3/c19-12-2-3-13(21)17(20)11(12)5-6-29-14-7-15(24-25-18(14)22)26(9-27)10-1-4-16(28)23-8-10/h1-4,7-9H,5-6H2,(H2,22,25)(H,23,28). The average Bonchev–Trinajstić information content (AvgIpc) is 2.71. The summed E-state index contributed by atoms with van der Waals surface area (Å²) >= 11 is 12.0. The van der Waals surface area contributed by atoms with Crippen LogP contribution in [0.4, 0.5) is 21.7 Å². The molecule has 0 radical (unpaired) electrons. The number of rotatable bonds is 7. The van der Waals surface area contributed by atoms with Gasteiger partial charge in [0.15, 0.2) is 17.4 Å². The van der Waals surface area contributed by atoms with E-state index < -0.39 is 5.82 Å². The minimum atomic E-state index is -0.582. The first-order valence-corrected chi connectivity index (χ1v) is 8.98. The third-order valence-electron chi connectivity index (χ3n) is 3.92. The van der Waals surface area contributed by atoms with Crippen LogP contribution >= 0.6 is 23.2 Å². The van der Waals surface area contributed by atoms with E-state index in [9.17, 15) is 14.0 Å². The average molecular weight is 438 g/mol. The normalized spacial score (nSPS) is 10.6. The molecule has 11 heteroatoms. The summed E-state index contributed by atoms with van der Waals surface area (Å²) in [6.07, 6.45) is 2.07. The van der Waals surface area contributed by atoms with Crippen LogP contribution in [0.3, 0.4) is 0 Å².